The van der Waals surface area contributed by atoms with Gasteiger partial charge in [0.25, 0.3) is 11.5 Å². The molecular weight excluding hydrogens is 316 g/mol. The number of nitrogens with zero attached hydrogens (tertiary/aromatic N) is 1. The van der Waals surface area contributed by atoms with E-state index in [2.05, 4.69) is 11.2 Å². The van der Waals surface area contributed by atoms with Gasteiger partial charge in [0.2, 0.25) is 0 Å². The van der Waals surface area contributed by atoms with Crippen LogP contribution in [0.2, 0.25) is 0 Å². The van der Waals surface area contributed by atoms with Gasteiger partial charge in [-0.15, -0.1) is 6.42 Å². The SMILES string of the molecule is C#CCNC(=O)c1cccn(C(CN)c2ccc(F)c(F)c2)c1=O. The zero-order chi connectivity index (χ0) is 17.7. The first-order chi connectivity index (χ1) is 11.5. The van der Waals surface area contributed by atoms with E-state index in [4.69, 9.17) is 12.2 Å². The van der Waals surface area contributed by atoms with Crippen LogP contribution in [0.25, 0.3) is 0 Å². The Morgan fingerprint density at radius 3 is 2.71 bits per heavy atom. The summed E-state index contributed by atoms with van der Waals surface area (Å²) in [6, 6.07) is 5.38. The minimum absolute atomic E-state index is 0.0172. The van der Waals surface area contributed by atoms with E-state index in [-0.39, 0.29) is 18.7 Å². The van der Waals surface area contributed by atoms with Gasteiger partial charge in [0.1, 0.15) is 5.56 Å². The van der Waals surface area contributed by atoms with E-state index in [0.717, 1.165) is 12.1 Å². The van der Waals surface area contributed by atoms with Gasteiger partial charge in [-0.05, 0) is 29.8 Å². The Balaban J connectivity index is 2.46. The lowest BCUT2D eigenvalue weighted by molar-refractivity contribution is 0.0956. The van der Waals surface area contributed by atoms with Crippen molar-refractivity contribution in [3.8, 4) is 12.3 Å². The lowest BCUT2D eigenvalue weighted by atomic mass is 10.1. The number of rotatable bonds is 5. The molecular formula is C17H15F2N3O2. The average molecular weight is 331 g/mol. The predicted molar refractivity (Wildman–Crippen MR) is 85.4 cm³/mol. The molecule has 0 saturated carbocycles. The third-order valence-corrected chi connectivity index (χ3v) is 3.46. The summed E-state index contributed by atoms with van der Waals surface area (Å²) in [6.07, 6.45) is 6.49. The van der Waals surface area contributed by atoms with E-state index in [1.54, 1.807) is 0 Å². The minimum Gasteiger partial charge on any atom is -0.341 e. The van der Waals surface area contributed by atoms with Gasteiger partial charge in [0.15, 0.2) is 11.6 Å². The maximum absolute atomic E-state index is 13.5. The largest absolute Gasteiger partial charge is 0.341 e. The van der Waals surface area contributed by atoms with Crippen molar-refractivity contribution >= 4 is 5.91 Å². The summed E-state index contributed by atoms with van der Waals surface area (Å²) in [5.41, 5.74) is 5.30. The van der Waals surface area contributed by atoms with E-state index in [0.29, 0.717) is 5.56 Å². The number of nitrogens with two attached hydrogens (primary N) is 1. The summed E-state index contributed by atoms with van der Waals surface area (Å²) in [6.45, 7) is -0.0585. The maximum atomic E-state index is 13.5. The van der Waals surface area contributed by atoms with Gasteiger partial charge in [-0.1, -0.05) is 12.0 Å². The van der Waals surface area contributed by atoms with E-state index in [9.17, 15) is 18.4 Å². The second kappa shape index (κ2) is 7.53. The highest BCUT2D eigenvalue weighted by Gasteiger charge is 2.19. The summed E-state index contributed by atoms with van der Waals surface area (Å²) >= 11 is 0. The molecule has 2 rings (SSSR count). The first-order valence-electron chi connectivity index (χ1n) is 7.07. The first-order valence-corrected chi connectivity index (χ1v) is 7.07. The zero-order valence-corrected chi connectivity index (χ0v) is 12.6. The number of halogens is 2. The Morgan fingerprint density at radius 1 is 1.33 bits per heavy atom. The van der Waals surface area contributed by atoms with E-state index in [1.165, 1.54) is 29.0 Å². The van der Waals surface area contributed by atoms with Gasteiger partial charge in [-0.25, -0.2) is 8.78 Å². The number of hydrogen-bond donors (Lipinski definition) is 2. The first kappa shape index (κ1) is 17.4. The maximum Gasteiger partial charge on any atom is 0.264 e. The topological polar surface area (TPSA) is 77.1 Å². The molecule has 1 atom stereocenters. The molecule has 0 aliphatic carbocycles. The molecule has 0 fully saturated rings. The lowest BCUT2D eigenvalue weighted by Crippen LogP contribution is -2.36. The van der Waals surface area contributed by atoms with Crippen LogP contribution >= 0.6 is 0 Å². The van der Waals surface area contributed by atoms with Crippen LogP contribution in [0.5, 0.6) is 0 Å². The van der Waals surface area contributed by atoms with Crippen LogP contribution in [0.1, 0.15) is 22.0 Å². The molecule has 2 aromatic rings. The predicted octanol–water partition coefficient (Wildman–Crippen LogP) is 1.04. The fourth-order valence-corrected chi connectivity index (χ4v) is 2.28. The van der Waals surface area contributed by atoms with E-state index < -0.39 is 29.1 Å². The van der Waals surface area contributed by atoms with Crippen LogP contribution in [0.4, 0.5) is 8.78 Å². The molecule has 3 N–H and O–H groups in total. The molecule has 0 saturated heterocycles. The smallest absolute Gasteiger partial charge is 0.264 e. The molecule has 24 heavy (non-hydrogen) atoms. The standard InChI is InChI=1S/C17H15F2N3O2/c1-2-7-21-16(23)12-4-3-8-22(17(12)24)15(10-20)11-5-6-13(18)14(19)9-11/h1,3-6,8-9,15H,7,10,20H2,(H,21,23). The summed E-state index contributed by atoms with van der Waals surface area (Å²) in [7, 11) is 0. The van der Waals surface area contributed by atoms with E-state index in [1.807, 2.05) is 0 Å². The van der Waals surface area contributed by atoms with Crippen molar-refractivity contribution in [1.29, 1.82) is 0 Å². The summed E-state index contributed by atoms with van der Waals surface area (Å²) in [4.78, 5) is 24.5. The van der Waals surface area contributed by atoms with Crippen molar-refractivity contribution in [3.63, 3.8) is 0 Å². The number of terminal acetylenes is 1. The van der Waals surface area contributed by atoms with Gasteiger partial charge in [0.05, 0.1) is 12.6 Å². The molecule has 5 nitrogen and oxygen atoms in total. The normalized spacial score (nSPS) is 11.6. The molecule has 1 amide bonds. The van der Waals surface area contributed by atoms with E-state index >= 15 is 0 Å². The number of hydrogen-bond acceptors (Lipinski definition) is 3. The Kier molecular flexibility index (Phi) is 5.45. The van der Waals surface area contributed by atoms with Gasteiger partial charge >= 0.3 is 0 Å². The third kappa shape index (κ3) is 3.50. The molecule has 124 valence electrons. The number of pyridine rings is 1. The van der Waals surface area contributed by atoms with Gasteiger partial charge in [-0.2, -0.15) is 0 Å². The fraction of sp³-hybridized carbons (Fsp3) is 0.176. The highest BCUT2D eigenvalue weighted by atomic mass is 19.2. The summed E-state index contributed by atoms with van der Waals surface area (Å²) in [5, 5.41) is 2.40. The van der Waals surface area contributed by atoms with Crippen LogP contribution in [-0.4, -0.2) is 23.6 Å². The third-order valence-electron chi connectivity index (χ3n) is 3.46. The van der Waals surface area contributed by atoms with Crippen molar-refractivity contribution in [2.24, 2.45) is 5.73 Å². The van der Waals surface area contributed by atoms with Gasteiger partial charge in [-0.3, -0.25) is 9.59 Å². The summed E-state index contributed by atoms with van der Waals surface area (Å²) < 4.78 is 27.8. The number of amides is 1. The molecule has 1 unspecified atom stereocenters. The van der Waals surface area contributed by atoms with Gasteiger partial charge in [0, 0.05) is 12.7 Å². The monoisotopic (exact) mass is 331 g/mol. The van der Waals surface area contributed by atoms with Crippen LogP contribution in [0, 0.1) is 24.0 Å². The summed E-state index contributed by atoms with van der Waals surface area (Å²) in [5.74, 6) is -0.417. The highest BCUT2D eigenvalue weighted by molar-refractivity contribution is 5.93. The van der Waals surface area contributed by atoms with Crippen molar-refractivity contribution in [2.45, 2.75) is 6.04 Å². The highest BCUT2D eigenvalue weighted by Crippen LogP contribution is 2.18. The minimum atomic E-state index is -1.04. The van der Waals surface area contributed by atoms with Gasteiger partial charge < -0.3 is 15.6 Å². The molecule has 0 bridgehead atoms. The molecule has 0 aliphatic rings. The Hall–Kier alpha value is -2.98. The van der Waals surface area contributed by atoms with Crippen molar-refractivity contribution < 1.29 is 13.6 Å². The number of nitrogens with one attached hydrogen (secondary N) is 1. The molecule has 0 spiro atoms. The fourth-order valence-electron chi connectivity index (χ4n) is 2.28. The van der Waals surface area contributed by atoms with Crippen molar-refractivity contribution in [3.05, 3.63) is 69.6 Å². The molecule has 1 heterocycles. The second-order valence-corrected chi connectivity index (χ2v) is 4.95. The number of aromatic nitrogens is 1. The molecule has 1 aromatic carbocycles. The quantitative estimate of drug-likeness (QED) is 0.804. The second-order valence-electron chi connectivity index (χ2n) is 4.95. The molecule has 0 radical (unpaired) electrons. The zero-order valence-electron chi connectivity index (χ0n) is 12.6. The molecule has 7 heteroatoms. The molecule has 0 aliphatic heterocycles. The Bertz CT molecular complexity index is 856. The average Bonchev–Trinajstić information content (AvgIpc) is 2.58. The number of carbonyl (C=O) groups is 1. The Morgan fingerprint density at radius 2 is 2.08 bits per heavy atom. The van der Waals surface area contributed by atoms with Crippen LogP contribution in [-0.2, 0) is 0 Å². The van der Waals surface area contributed by atoms with Crippen LogP contribution in [0.15, 0.2) is 41.3 Å². The van der Waals surface area contributed by atoms with Crippen LogP contribution in [0.3, 0.4) is 0 Å². The Labute approximate surface area is 137 Å². The lowest BCUT2D eigenvalue weighted by Gasteiger charge is -2.19. The number of benzene rings is 1. The van der Waals surface area contributed by atoms with Crippen molar-refractivity contribution in [2.75, 3.05) is 13.1 Å². The number of carbonyl (C=O) groups excluding carboxylic acids is 1. The van der Waals surface area contributed by atoms with Crippen molar-refractivity contribution in [1.82, 2.24) is 9.88 Å². The molecule has 1 aromatic heterocycles. The van der Waals surface area contributed by atoms with Crippen LogP contribution < -0.4 is 16.6 Å².